The summed E-state index contributed by atoms with van der Waals surface area (Å²) in [4.78, 5) is 23.2. The highest BCUT2D eigenvalue weighted by atomic mass is 32.2. The highest BCUT2D eigenvalue weighted by molar-refractivity contribution is 7.99. The fourth-order valence-electron chi connectivity index (χ4n) is 5.34. The molecule has 2 N–H and O–H groups in total. The van der Waals surface area contributed by atoms with Crippen molar-refractivity contribution in [1.82, 2.24) is 19.8 Å². The Morgan fingerprint density at radius 2 is 1.73 bits per heavy atom. The van der Waals surface area contributed by atoms with Crippen molar-refractivity contribution in [3.8, 4) is 0 Å². The molecule has 0 spiro atoms. The highest BCUT2D eigenvalue weighted by Crippen LogP contribution is 2.37. The molecule has 2 aliphatic rings. The number of amides is 1. The second-order valence-electron chi connectivity index (χ2n) is 12.9. The number of aromatic nitrogens is 2. The molecule has 0 bridgehead atoms. The van der Waals surface area contributed by atoms with E-state index in [4.69, 9.17) is 9.47 Å². The van der Waals surface area contributed by atoms with E-state index in [-0.39, 0.29) is 30.2 Å². The van der Waals surface area contributed by atoms with Crippen LogP contribution in [0.3, 0.4) is 0 Å². The Labute approximate surface area is 299 Å². The van der Waals surface area contributed by atoms with Crippen LogP contribution in [0.1, 0.15) is 38.4 Å². The minimum Gasteiger partial charge on any atom is -0.444 e. The first-order valence-electron chi connectivity index (χ1n) is 16.0. The van der Waals surface area contributed by atoms with E-state index in [0.29, 0.717) is 56.8 Å². The van der Waals surface area contributed by atoms with E-state index in [0.717, 1.165) is 23.4 Å². The summed E-state index contributed by atoms with van der Waals surface area (Å²) in [6, 6.07) is 11.4. The molecule has 5 rings (SSSR count). The van der Waals surface area contributed by atoms with Crippen molar-refractivity contribution in [3.05, 3.63) is 66.1 Å². The van der Waals surface area contributed by atoms with Gasteiger partial charge in [0.1, 0.15) is 22.6 Å². The quantitative estimate of drug-likeness (QED) is 0.235. The predicted molar refractivity (Wildman–Crippen MR) is 184 cm³/mol. The Balaban J connectivity index is 1.43. The number of benzene rings is 2. The number of alkyl halides is 3. The highest BCUT2D eigenvalue weighted by Gasteiger charge is 2.48. The van der Waals surface area contributed by atoms with E-state index in [9.17, 15) is 34.8 Å². The van der Waals surface area contributed by atoms with Crippen molar-refractivity contribution < 1.29 is 44.3 Å². The van der Waals surface area contributed by atoms with Crippen molar-refractivity contribution in [2.24, 2.45) is 0 Å². The average Bonchev–Trinajstić information content (AvgIpc) is 3.52. The van der Waals surface area contributed by atoms with Gasteiger partial charge in [0, 0.05) is 41.9 Å². The third kappa shape index (κ3) is 9.82. The number of morpholine rings is 1. The number of halogens is 3. The molecule has 3 heterocycles. The van der Waals surface area contributed by atoms with Gasteiger partial charge in [0.15, 0.2) is 0 Å². The molecular weight excluding hydrogens is 734 g/mol. The number of sulfonamides is 1. The lowest BCUT2D eigenvalue weighted by Crippen LogP contribution is -2.39. The van der Waals surface area contributed by atoms with Crippen molar-refractivity contribution in [3.63, 3.8) is 0 Å². The molecule has 19 heteroatoms. The number of anilines is 2. The van der Waals surface area contributed by atoms with Crippen molar-refractivity contribution >= 4 is 49.2 Å². The number of nitrogens with zero attached hydrogens (tertiary/aromatic N) is 4. The molecule has 0 aliphatic carbocycles. The number of carbonyl (C=O) groups excluding carboxylic acids is 1. The molecule has 1 atom stereocenters. The number of nitrogens with one attached hydrogen (secondary N) is 2. The SMILES string of the molecule is CC(C)(C)OC(=O)N1Cc2ncnc(NS(=O)(=O)c3ccc(N[C@H](CCN4CCOCC4)CSc4ccccc4)c(S(=O)(=O)C(F)(F)F)c3)c2C1. The Morgan fingerprint density at radius 1 is 1.02 bits per heavy atom. The van der Waals surface area contributed by atoms with Gasteiger partial charge < -0.3 is 14.8 Å². The Hall–Kier alpha value is -3.65. The second-order valence-corrected chi connectivity index (χ2v) is 17.6. The summed E-state index contributed by atoms with van der Waals surface area (Å²) in [5.41, 5.74) is -6.30. The largest absolute Gasteiger partial charge is 0.501 e. The minimum absolute atomic E-state index is 0.00506. The van der Waals surface area contributed by atoms with E-state index in [1.807, 2.05) is 30.3 Å². The number of hydrogen-bond acceptors (Lipinski definition) is 12. The lowest BCUT2D eigenvalue weighted by atomic mass is 10.2. The van der Waals surface area contributed by atoms with Crippen LogP contribution in [0.2, 0.25) is 0 Å². The summed E-state index contributed by atoms with van der Waals surface area (Å²) in [5.74, 6) is 0.162. The molecule has 0 saturated carbocycles. The number of fused-ring (bicyclic) bond motifs is 1. The van der Waals surface area contributed by atoms with Crippen molar-refractivity contribution in [2.75, 3.05) is 48.6 Å². The van der Waals surface area contributed by atoms with Crippen LogP contribution in [0, 0.1) is 0 Å². The minimum atomic E-state index is -6.02. The number of thioether (sulfide) groups is 1. The van der Waals surface area contributed by atoms with Gasteiger partial charge in [-0.05, 0) is 57.5 Å². The van der Waals surface area contributed by atoms with Gasteiger partial charge in [-0.1, -0.05) is 18.2 Å². The van der Waals surface area contributed by atoms with Gasteiger partial charge in [0.25, 0.3) is 19.9 Å². The van der Waals surface area contributed by atoms with Crippen LogP contribution in [-0.2, 0) is 42.4 Å². The van der Waals surface area contributed by atoms with Crippen molar-refractivity contribution in [1.29, 1.82) is 0 Å². The molecule has 0 unspecified atom stereocenters. The van der Waals surface area contributed by atoms with Crippen LogP contribution in [0.25, 0.3) is 0 Å². The Morgan fingerprint density at radius 3 is 2.39 bits per heavy atom. The molecular formula is C32H39F3N6O7S3. The van der Waals surface area contributed by atoms with Gasteiger partial charge in [-0.25, -0.2) is 31.6 Å². The molecule has 1 saturated heterocycles. The standard InChI is InChI=1S/C32H39F3N6O7S3/c1-31(2,3)48-30(42)41-18-25-27(19-41)36-21-37-29(25)39-51(45,46)24-9-10-26(28(17-24)50(43,44)32(33,34)35)38-22(11-12-40-13-15-47-16-14-40)20-49-23-7-5-4-6-8-23/h4-10,17,21-22,38H,11-16,18-20H2,1-3H3,(H,36,37,39)/t22-/m1/s1. The van der Waals surface area contributed by atoms with Crippen LogP contribution < -0.4 is 10.0 Å². The van der Waals surface area contributed by atoms with Gasteiger partial charge >= 0.3 is 11.6 Å². The number of ether oxygens (including phenoxy) is 2. The third-order valence-corrected chi connectivity index (χ3v) is 12.0. The van der Waals surface area contributed by atoms with Crippen molar-refractivity contribution in [2.45, 2.75) is 72.1 Å². The molecule has 2 aromatic carbocycles. The molecule has 278 valence electrons. The fraction of sp³-hybridized carbons (Fsp3) is 0.469. The molecule has 1 amide bonds. The van der Waals surface area contributed by atoms with E-state index >= 15 is 0 Å². The maximum Gasteiger partial charge on any atom is 0.501 e. The third-order valence-electron chi connectivity index (χ3n) is 7.92. The molecule has 1 fully saturated rings. The maximum absolute atomic E-state index is 14.1. The molecule has 51 heavy (non-hydrogen) atoms. The van der Waals surface area contributed by atoms with Gasteiger partial charge in [-0.15, -0.1) is 11.8 Å². The van der Waals surface area contributed by atoms with Gasteiger partial charge in [0.2, 0.25) is 0 Å². The summed E-state index contributed by atoms with van der Waals surface area (Å²) in [6.45, 7) is 8.01. The molecule has 2 aliphatic heterocycles. The molecule has 0 radical (unpaired) electrons. The smallest absolute Gasteiger partial charge is 0.444 e. The average molecular weight is 773 g/mol. The summed E-state index contributed by atoms with van der Waals surface area (Å²) < 4.78 is 108. The molecule has 3 aromatic rings. The van der Waals surface area contributed by atoms with Crippen LogP contribution in [0.15, 0.2) is 69.5 Å². The summed E-state index contributed by atoms with van der Waals surface area (Å²) >= 11 is 1.45. The maximum atomic E-state index is 14.1. The van der Waals surface area contributed by atoms with Crippen LogP contribution in [-0.4, -0.2) is 98.4 Å². The van der Waals surface area contributed by atoms with Gasteiger partial charge in [-0.3, -0.25) is 14.5 Å². The summed E-state index contributed by atoms with van der Waals surface area (Å²) in [6.07, 6.45) is 0.864. The first kappa shape index (κ1) is 38.6. The topological polar surface area (TPSA) is 160 Å². The molecule has 1 aromatic heterocycles. The monoisotopic (exact) mass is 772 g/mol. The number of carbonyl (C=O) groups is 1. The number of sulfone groups is 1. The second kappa shape index (κ2) is 15.5. The van der Waals surface area contributed by atoms with Crippen LogP contribution in [0.4, 0.5) is 29.5 Å². The van der Waals surface area contributed by atoms with Crippen LogP contribution in [0.5, 0.6) is 0 Å². The van der Waals surface area contributed by atoms with E-state index in [2.05, 4.69) is 24.9 Å². The first-order chi connectivity index (χ1) is 23.9. The van der Waals surface area contributed by atoms with Crippen LogP contribution >= 0.6 is 11.8 Å². The zero-order chi connectivity index (χ0) is 37.0. The number of rotatable bonds is 12. The lowest BCUT2D eigenvalue weighted by Gasteiger charge is -2.29. The Bertz CT molecular complexity index is 1920. The normalized spacial score (nSPS) is 16.4. The zero-order valence-corrected chi connectivity index (χ0v) is 30.6. The first-order valence-corrected chi connectivity index (χ1v) is 19.9. The summed E-state index contributed by atoms with van der Waals surface area (Å²) in [7, 11) is -10.7. The number of hydrogen-bond donors (Lipinski definition) is 2. The van der Waals surface area contributed by atoms with Gasteiger partial charge in [-0.2, -0.15) is 13.2 Å². The summed E-state index contributed by atoms with van der Waals surface area (Å²) in [5, 5.41) is 2.99. The van der Waals surface area contributed by atoms with E-state index in [1.54, 1.807) is 20.8 Å². The van der Waals surface area contributed by atoms with E-state index < -0.39 is 52.9 Å². The predicted octanol–water partition coefficient (Wildman–Crippen LogP) is 5.12. The Kier molecular flexibility index (Phi) is 11.7. The fourth-order valence-corrected chi connectivity index (χ4v) is 8.42. The van der Waals surface area contributed by atoms with Gasteiger partial charge in [0.05, 0.1) is 42.6 Å². The molecule has 13 nitrogen and oxygen atoms in total. The lowest BCUT2D eigenvalue weighted by molar-refractivity contribution is -0.0436. The van der Waals surface area contributed by atoms with E-state index in [1.165, 1.54) is 16.7 Å². The zero-order valence-electron chi connectivity index (χ0n) is 28.1.